The fourth-order valence-electron chi connectivity index (χ4n) is 1.13. The van der Waals surface area contributed by atoms with Crippen molar-refractivity contribution >= 4 is 35.0 Å². The molecule has 0 aliphatic heterocycles. The van der Waals surface area contributed by atoms with Crippen LogP contribution >= 0.6 is 23.2 Å². The summed E-state index contributed by atoms with van der Waals surface area (Å²) in [5.41, 5.74) is 3.46. The number of halogens is 2. The third kappa shape index (κ3) is 4.24. The Morgan fingerprint density at radius 1 is 1.47 bits per heavy atom. The zero-order valence-electron chi connectivity index (χ0n) is 9.46. The molecule has 92 valence electrons. The lowest BCUT2D eigenvalue weighted by atomic mass is 10.1. The molecule has 6 heteroatoms. The Kier molecular flexibility index (Phi) is 5.25. The molecule has 0 heterocycles. The summed E-state index contributed by atoms with van der Waals surface area (Å²) in [6.45, 7) is 3.71. The van der Waals surface area contributed by atoms with Crippen LogP contribution < -0.4 is 5.43 Å². The first-order chi connectivity index (χ1) is 8.04. The number of hydrogen-bond donors (Lipinski definition) is 1. The van der Waals surface area contributed by atoms with Gasteiger partial charge in [0.15, 0.2) is 0 Å². The van der Waals surface area contributed by atoms with Crippen LogP contribution in [0.1, 0.15) is 19.4 Å². The van der Waals surface area contributed by atoms with Gasteiger partial charge in [-0.25, -0.2) is 10.2 Å². The maximum atomic E-state index is 11.0. The molecule has 1 rings (SSSR count). The maximum Gasteiger partial charge on any atom is 0.427 e. The molecule has 0 saturated carbocycles. The normalized spacial score (nSPS) is 11.2. The molecule has 4 nitrogen and oxygen atoms in total. The van der Waals surface area contributed by atoms with Gasteiger partial charge in [-0.3, -0.25) is 0 Å². The van der Waals surface area contributed by atoms with E-state index in [0.717, 1.165) is 0 Å². The first-order valence-electron chi connectivity index (χ1n) is 4.97. The van der Waals surface area contributed by atoms with Crippen molar-refractivity contribution in [1.29, 1.82) is 0 Å². The second-order valence-electron chi connectivity index (χ2n) is 3.15. The highest BCUT2D eigenvalue weighted by Crippen LogP contribution is 2.21. The molecule has 0 aliphatic carbocycles. The summed E-state index contributed by atoms with van der Waals surface area (Å²) in [7, 11) is 0. The predicted molar refractivity (Wildman–Crippen MR) is 68.8 cm³/mol. The Hall–Kier alpha value is -1.26. The van der Waals surface area contributed by atoms with E-state index in [-0.39, 0.29) is 0 Å². The number of hydrogen-bond acceptors (Lipinski definition) is 3. The molecule has 1 amide bonds. The van der Waals surface area contributed by atoms with Gasteiger partial charge in [-0.15, -0.1) is 0 Å². The Bertz CT molecular complexity index is 447. The maximum absolute atomic E-state index is 11.0. The summed E-state index contributed by atoms with van der Waals surface area (Å²) in [4.78, 5) is 11.0. The lowest BCUT2D eigenvalue weighted by molar-refractivity contribution is 0.152. The van der Waals surface area contributed by atoms with Gasteiger partial charge in [-0.05, 0) is 32.0 Å². The molecule has 1 aromatic carbocycles. The number of hydrazone groups is 1. The molecule has 0 bridgehead atoms. The number of rotatable bonds is 3. The summed E-state index contributed by atoms with van der Waals surface area (Å²) in [6.07, 6.45) is -0.606. The second-order valence-corrected chi connectivity index (χ2v) is 4.00. The van der Waals surface area contributed by atoms with Crippen molar-refractivity contribution in [1.82, 2.24) is 5.43 Å². The van der Waals surface area contributed by atoms with Crippen LogP contribution in [0, 0.1) is 0 Å². The average molecular weight is 275 g/mol. The number of carbonyl (C=O) groups is 1. The van der Waals surface area contributed by atoms with Crippen molar-refractivity contribution in [2.75, 3.05) is 6.61 Å². The molecule has 0 fully saturated rings. The quantitative estimate of drug-likeness (QED) is 0.678. The Balaban J connectivity index is 2.81. The minimum atomic E-state index is -0.606. The van der Waals surface area contributed by atoms with Gasteiger partial charge in [0.2, 0.25) is 0 Å². The molecule has 0 aromatic heterocycles. The standard InChI is InChI=1S/C11H12Cl2N2O2/c1-3-17-11(16)15-14-7(2)9-6-8(12)4-5-10(9)13/h4-6H,3H2,1-2H3,(H,15,16). The topological polar surface area (TPSA) is 50.7 Å². The van der Waals surface area contributed by atoms with E-state index in [9.17, 15) is 4.79 Å². The van der Waals surface area contributed by atoms with E-state index in [4.69, 9.17) is 23.2 Å². The smallest absolute Gasteiger partial charge is 0.427 e. The van der Waals surface area contributed by atoms with Crippen molar-refractivity contribution < 1.29 is 9.53 Å². The van der Waals surface area contributed by atoms with Gasteiger partial charge in [0.05, 0.1) is 12.3 Å². The molecule has 0 unspecified atom stereocenters. The van der Waals surface area contributed by atoms with Gasteiger partial charge in [0, 0.05) is 15.6 Å². The van der Waals surface area contributed by atoms with Crippen LogP contribution in [0.2, 0.25) is 10.0 Å². The minimum absolute atomic E-state index is 0.290. The number of ether oxygens (including phenoxy) is 1. The van der Waals surface area contributed by atoms with E-state index in [1.807, 2.05) is 0 Å². The summed E-state index contributed by atoms with van der Waals surface area (Å²) in [5, 5.41) is 4.93. The fraction of sp³-hybridized carbons (Fsp3) is 0.273. The minimum Gasteiger partial charge on any atom is -0.449 e. The number of nitrogens with one attached hydrogen (secondary N) is 1. The van der Waals surface area contributed by atoms with E-state index in [2.05, 4.69) is 15.3 Å². The zero-order chi connectivity index (χ0) is 12.8. The number of carbonyl (C=O) groups excluding carboxylic acids is 1. The van der Waals surface area contributed by atoms with E-state index < -0.39 is 6.09 Å². The molecular formula is C11H12Cl2N2O2. The summed E-state index contributed by atoms with van der Waals surface area (Å²) in [6, 6.07) is 5.03. The van der Waals surface area contributed by atoms with E-state index in [1.165, 1.54) is 0 Å². The first-order valence-corrected chi connectivity index (χ1v) is 5.72. The lowest BCUT2D eigenvalue weighted by Gasteiger charge is -2.05. The van der Waals surface area contributed by atoms with Crippen LogP contribution in [0.15, 0.2) is 23.3 Å². The van der Waals surface area contributed by atoms with Crippen molar-refractivity contribution in [2.45, 2.75) is 13.8 Å². The predicted octanol–water partition coefficient (Wildman–Crippen LogP) is 3.46. The number of benzene rings is 1. The molecule has 0 atom stereocenters. The Morgan fingerprint density at radius 3 is 2.82 bits per heavy atom. The molecule has 1 N–H and O–H groups in total. The number of nitrogens with zero attached hydrogens (tertiary/aromatic N) is 1. The van der Waals surface area contributed by atoms with E-state index in [1.54, 1.807) is 32.0 Å². The van der Waals surface area contributed by atoms with Crippen LogP contribution in [-0.2, 0) is 4.74 Å². The van der Waals surface area contributed by atoms with Gasteiger partial charge in [0.25, 0.3) is 0 Å². The van der Waals surface area contributed by atoms with Crippen molar-refractivity contribution in [3.8, 4) is 0 Å². The van der Waals surface area contributed by atoms with Crippen molar-refractivity contribution in [3.05, 3.63) is 33.8 Å². The molecule has 0 spiro atoms. The summed E-state index contributed by atoms with van der Waals surface area (Å²) < 4.78 is 4.67. The van der Waals surface area contributed by atoms with Gasteiger partial charge in [-0.1, -0.05) is 23.2 Å². The molecule has 0 saturated heterocycles. The van der Waals surface area contributed by atoms with Crippen LogP contribution in [0.5, 0.6) is 0 Å². The van der Waals surface area contributed by atoms with Gasteiger partial charge >= 0.3 is 6.09 Å². The van der Waals surface area contributed by atoms with Crippen molar-refractivity contribution in [3.63, 3.8) is 0 Å². The monoisotopic (exact) mass is 274 g/mol. The van der Waals surface area contributed by atoms with Gasteiger partial charge < -0.3 is 4.74 Å². The molecule has 17 heavy (non-hydrogen) atoms. The van der Waals surface area contributed by atoms with Gasteiger partial charge in [0.1, 0.15) is 0 Å². The van der Waals surface area contributed by atoms with E-state index in [0.29, 0.717) is 27.9 Å². The third-order valence-corrected chi connectivity index (χ3v) is 2.47. The molecule has 0 aliphatic rings. The van der Waals surface area contributed by atoms with Crippen LogP contribution in [-0.4, -0.2) is 18.4 Å². The fourth-order valence-corrected chi connectivity index (χ4v) is 1.55. The lowest BCUT2D eigenvalue weighted by Crippen LogP contribution is -2.20. The van der Waals surface area contributed by atoms with Crippen LogP contribution in [0.25, 0.3) is 0 Å². The highest BCUT2D eigenvalue weighted by molar-refractivity contribution is 6.36. The van der Waals surface area contributed by atoms with E-state index >= 15 is 0 Å². The SMILES string of the molecule is CCOC(=O)NN=C(C)c1cc(Cl)ccc1Cl. The van der Waals surface area contributed by atoms with Crippen LogP contribution in [0.3, 0.4) is 0 Å². The average Bonchev–Trinajstić information content (AvgIpc) is 2.29. The molecular weight excluding hydrogens is 263 g/mol. The second kappa shape index (κ2) is 6.47. The largest absolute Gasteiger partial charge is 0.449 e. The van der Waals surface area contributed by atoms with Crippen LogP contribution in [0.4, 0.5) is 4.79 Å². The summed E-state index contributed by atoms with van der Waals surface area (Å²) >= 11 is 11.8. The van der Waals surface area contributed by atoms with Crippen molar-refractivity contribution in [2.24, 2.45) is 5.10 Å². The molecule has 1 aromatic rings. The number of amides is 1. The summed E-state index contributed by atoms with van der Waals surface area (Å²) in [5.74, 6) is 0. The zero-order valence-corrected chi connectivity index (χ0v) is 11.0. The Morgan fingerprint density at radius 2 is 2.18 bits per heavy atom. The highest BCUT2D eigenvalue weighted by Gasteiger charge is 2.06. The first kappa shape index (κ1) is 13.8. The molecule has 0 radical (unpaired) electrons. The third-order valence-electron chi connectivity index (χ3n) is 1.91. The Labute approximate surface area is 110 Å². The van der Waals surface area contributed by atoms with Gasteiger partial charge in [-0.2, -0.15) is 5.10 Å². The highest BCUT2D eigenvalue weighted by atomic mass is 35.5.